The third-order valence-corrected chi connectivity index (χ3v) is 2.51. The highest BCUT2D eigenvalue weighted by Crippen LogP contribution is 2.15. The van der Waals surface area contributed by atoms with Crippen LogP contribution < -0.4 is 4.74 Å². The summed E-state index contributed by atoms with van der Waals surface area (Å²) in [5.41, 5.74) is 0.426. The lowest BCUT2D eigenvalue weighted by Gasteiger charge is -2.14. The third-order valence-electron chi connectivity index (χ3n) is 2.51. The van der Waals surface area contributed by atoms with Gasteiger partial charge in [0.25, 0.3) is 0 Å². The Bertz CT molecular complexity index is 504. The first kappa shape index (κ1) is 17.8. The molecule has 22 heavy (non-hydrogen) atoms. The molecular formula is C13H14F2O7. The van der Waals surface area contributed by atoms with E-state index in [2.05, 4.69) is 14.2 Å². The van der Waals surface area contributed by atoms with Gasteiger partial charge in [-0.05, 0) is 17.7 Å². The van der Waals surface area contributed by atoms with E-state index in [9.17, 15) is 28.6 Å². The topological polar surface area (TPSA) is 102 Å². The van der Waals surface area contributed by atoms with Crippen LogP contribution in [-0.4, -0.2) is 48.1 Å². The molecule has 0 spiro atoms. The molecule has 1 aromatic rings. The fourth-order valence-electron chi connectivity index (χ4n) is 1.39. The van der Waals surface area contributed by atoms with Gasteiger partial charge in [-0.1, -0.05) is 12.1 Å². The summed E-state index contributed by atoms with van der Waals surface area (Å²) in [5, 5.41) is 18.6. The van der Waals surface area contributed by atoms with Crippen LogP contribution in [0.3, 0.4) is 0 Å². The molecule has 0 saturated heterocycles. The van der Waals surface area contributed by atoms with Gasteiger partial charge in [0.2, 0.25) is 0 Å². The van der Waals surface area contributed by atoms with Crippen LogP contribution in [0, 0.1) is 0 Å². The fourth-order valence-corrected chi connectivity index (χ4v) is 1.39. The minimum Gasteiger partial charge on any atom is -0.467 e. The molecule has 0 amide bonds. The summed E-state index contributed by atoms with van der Waals surface area (Å²) in [6, 6.07) is 5.23. The summed E-state index contributed by atoms with van der Waals surface area (Å²) in [4.78, 5) is 22.4. The number of carbonyl (C=O) groups is 2. The van der Waals surface area contributed by atoms with Crippen molar-refractivity contribution in [3.63, 3.8) is 0 Å². The van der Waals surface area contributed by atoms with E-state index in [1.165, 1.54) is 24.3 Å². The Hall–Kier alpha value is -2.26. The van der Waals surface area contributed by atoms with Gasteiger partial charge in [0, 0.05) is 0 Å². The summed E-state index contributed by atoms with van der Waals surface area (Å²) in [7, 11) is 0.979. The Morgan fingerprint density at radius 1 is 1.09 bits per heavy atom. The highest BCUT2D eigenvalue weighted by atomic mass is 19.3. The standard InChI is InChI=1S/C13H14F2O7/c1-20-11(18)9(16)10(17)12(19)21-6-7-2-4-8(5-3-7)22-13(14)15/h2-5,9-10,13,16-17H,6H2,1H3/t9-,10-/m1/s1. The molecule has 2 atom stereocenters. The second kappa shape index (κ2) is 8.25. The van der Waals surface area contributed by atoms with Gasteiger partial charge in [0.15, 0.2) is 12.2 Å². The molecule has 0 radical (unpaired) electrons. The van der Waals surface area contributed by atoms with Crippen molar-refractivity contribution in [2.24, 2.45) is 0 Å². The van der Waals surface area contributed by atoms with Crippen LogP contribution in [0.5, 0.6) is 5.75 Å². The van der Waals surface area contributed by atoms with Gasteiger partial charge in [0.05, 0.1) is 7.11 Å². The van der Waals surface area contributed by atoms with Gasteiger partial charge in [0.1, 0.15) is 12.4 Å². The molecule has 122 valence electrons. The maximum absolute atomic E-state index is 12.0. The molecule has 7 nitrogen and oxygen atoms in total. The Balaban J connectivity index is 2.51. The van der Waals surface area contributed by atoms with E-state index >= 15 is 0 Å². The molecule has 0 aliphatic carbocycles. The first-order valence-corrected chi connectivity index (χ1v) is 5.99. The van der Waals surface area contributed by atoms with Crippen molar-refractivity contribution in [1.29, 1.82) is 0 Å². The molecule has 0 aliphatic rings. The number of hydrogen-bond acceptors (Lipinski definition) is 7. The predicted molar refractivity (Wildman–Crippen MR) is 66.9 cm³/mol. The molecular weight excluding hydrogens is 306 g/mol. The molecule has 0 aromatic heterocycles. The van der Waals surface area contributed by atoms with Crippen molar-refractivity contribution in [2.75, 3.05) is 7.11 Å². The summed E-state index contributed by atoms with van der Waals surface area (Å²) in [6.07, 6.45) is -4.15. The van der Waals surface area contributed by atoms with E-state index in [-0.39, 0.29) is 12.4 Å². The molecule has 0 saturated carbocycles. The maximum Gasteiger partial charge on any atom is 0.387 e. The number of carbonyl (C=O) groups excluding carboxylic acids is 2. The zero-order valence-electron chi connectivity index (χ0n) is 11.4. The Labute approximate surface area is 124 Å². The second-order valence-electron chi connectivity index (χ2n) is 4.04. The fraction of sp³-hybridized carbons (Fsp3) is 0.385. The van der Waals surface area contributed by atoms with E-state index in [4.69, 9.17) is 0 Å². The lowest BCUT2D eigenvalue weighted by atomic mass is 10.2. The number of alkyl halides is 2. The van der Waals surface area contributed by atoms with Crippen LogP contribution in [-0.2, 0) is 25.7 Å². The van der Waals surface area contributed by atoms with Crippen LogP contribution in [0.2, 0.25) is 0 Å². The average Bonchev–Trinajstić information content (AvgIpc) is 2.51. The van der Waals surface area contributed by atoms with Crippen molar-refractivity contribution >= 4 is 11.9 Å². The van der Waals surface area contributed by atoms with E-state index in [1.54, 1.807) is 0 Å². The Morgan fingerprint density at radius 3 is 2.14 bits per heavy atom. The van der Waals surface area contributed by atoms with Crippen molar-refractivity contribution < 1.29 is 42.8 Å². The number of ether oxygens (including phenoxy) is 3. The van der Waals surface area contributed by atoms with E-state index in [1.807, 2.05) is 0 Å². The molecule has 9 heteroatoms. The number of hydrogen-bond donors (Lipinski definition) is 2. The highest BCUT2D eigenvalue weighted by Gasteiger charge is 2.32. The minimum absolute atomic E-state index is 0.0637. The van der Waals surface area contributed by atoms with Gasteiger partial charge in [-0.15, -0.1) is 0 Å². The van der Waals surface area contributed by atoms with Crippen LogP contribution in [0.4, 0.5) is 8.78 Å². The lowest BCUT2D eigenvalue weighted by molar-refractivity contribution is -0.172. The monoisotopic (exact) mass is 320 g/mol. The molecule has 0 heterocycles. The summed E-state index contributed by atoms with van der Waals surface area (Å²) < 4.78 is 36.9. The molecule has 0 unspecified atom stereocenters. The first-order chi connectivity index (χ1) is 10.3. The number of esters is 2. The lowest BCUT2D eigenvalue weighted by Crippen LogP contribution is -2.41. The summed E-state index contributed by atoms with van der Waals surface area (Å²) in [5.74, 6) is -2.48. The van der Waals surface area contributed by atoms with Gasteiger partial charge in [-0.25, -0.2) is 9.59 Å². The van der Waals surface area contributed by atoms with E-state index in [0.29, 0.717) is 5.56 Å². The Morgan fingerprint density at radius 2 is 1.64 bits per heavy atom. The number of benzene rings is 1. The largest absolute Gasteiger partial charge is 0.467 e. The number of halogens is 2. The van der Waals surface area contributed by atoms with Crippen molar-refractivity contribution in [3.8, 4) is 5.75 Å². The highest BCUT2D eigenvalue weighted by molar-refractivity contribution is 5.85. The van der Waals surface area contributed by atoms with Gasteiger partial charge in [-0.2, -0.15) is 8.78 Å². The van der Waals surface area contributed by atoms with Crippen molar-refractivity contribution in [2.45, 2.75) is 25.4 Å². The van der Waals surface area contributed by atoms with Crippen molar-refractivity contribution in [3.05, 3.63) is 29.8 Å². The molecule has 0 fully saturated rings. The summed E-state index contributed by atoms with van der Waals surface area (Å²) in [6.45, 7) is -3.24. The molecule has 1 aromatic carbocycles. The Kier molecular flexibility index (Phi) is 6.67. The van der Waals surface area contributed by atoms with E-state index in [0.717, 1.165) is 7.11 Å². The smallest absolute Gasteiger partial charge is 0.387 e. The zero-order chi connectivity index (χ0) is 16.7. The number of methoxy groups -OCH3 is 1. The van der Waals surface area contributed by atoms with E-state index < -0.39 is 30.8 Å². The molecule has 0 aliphatic heterocycles. The van der Waals surface area contributed by atoms with Gasteiger partial charge < -0.3 is 24.4 Å². The second-order valence-corrected chi connectivity index (χ2v) is 4.04. The van der Waals surface area contributed by atoms with Crippen LogP contribution in [0.1, 0.15) is 5.56 Å². The van der Waals surface area contributed by atoms with Crippen molar-refractivity contribution in [1.82, 2.24) is 0 Å². The molecule has 1 rings (SSSR count). The molecule has 2 N–H and O–H groups in total. The predicted octanol–water partition coefficient (Wildman–Crippen LogP) is 0.226. The third kappa shape index (κ3) is 5.26. The summed E-state index contributed by atoms with van der Waals surface area (Å²) >= 11 is 0. The van der Waals surface area contributed by atoms with Crippen LogP contribution in [0.15, 0.2) is 24.3 Å². The normalized spacial score (nSPS) is 13.4. The van der Waals surface area contributed by atoms with Gasteiger partial charge in [-0.3, -0.25) is 0 Å². The quantitative estimate of drug-likeness (QED) is 0.693. The zero-order valence-corrected chi connectivity index (χ0v) is 11.4. The van der Waals surface area contributed by atoms with Gasteiger partial charge >= 0.3 is 18.6 Å². The SMILES string of the molecule is COC(=O)[C@H](O)[C@@H](O)C(=O)OCc1ccc(OC(F)F)cc1. The average molecular weight is 320 g/mol. The molecule has 0 bridgehead atoms. The number of rotatable bonds is 7. The number of aliphatic hydroxyl groups is 2. The van der Waals surface area contributed by atoms with Crippen LogP contribution in [0.25, 0.3) is 0 Å². The van der Waals surface area contributed by atoms with Crippen LogP contribution >= 0.6 is 0 Å². The first-order valence-electron chi connectivity index (χ1n) is 5.99. The number of aliphatic hydroxyl groups excluding tert-OH is 2. The minimum atomic E-state index is -2.95. The maximum atomic E-state index is 12.0.